The fourth-order valence-corrected chi connectivity index (χ4v) is 2.66. The van der Waals surface area contributed by atoms with Crippen molar-refractivity contribution in [1.82, 2.24) is 10.2 Å². The molecule has 1 fully saturated rings. The normalized spacial score (nSPS) is 17.9. The van der Waals surface area contributed by atoms with Crippen LogP contribution in [0.3, 0.4) is 0 Å². The first-order chi connectivity index (χ1) is 11.1. The van der Waals surface area contributed by atoms with Crippen LogP contribution in [0.4, 0.5) is 0 Å². The number of hydrogen-bond donors (Lipinski definition) is 2. The van der Waals surface area contributed by atoms with Gasteiger partial charge in [-0.15, -0.1) is 0 Å². The van der Waals surface area contributed by atoms with Crippen molar-refractivity contribution in [1.29, 1.82) is 0 Å². The maximum atomic E-state index is 9.64. The third kappa shape index (κ3) is 5.43. The lowest BCUT2D eigenvalue weighted by Gasteiger charge is -2.32. The number of para-hydroxylation sites is 1. The number of rotatable bonds is 5. The predicted octanol–water partition coefficient (Wildman–Crippen LogP) is 2.18. The summed E-state index contributed by atoms with van der Waals surface area (Å²) in [5.41, 5.74) is 1.14. The summed E-state index contributed by atoms with van der Waals surface area (Å²) in [5, 5.41) is 13.0. The Labute approximate surface area is 139 Å². The van der Waals surface area contributed by atoms with Crippen LogP contribution in [0.2, 0.25) is 0 Å². The number of nitrogens with zero attached hydrogens (tertiary/aromatic N) is 2. The number of aliphatic hydroxyl groups excluding tert-OH is 1. The third-order valence-electron chi connectivity index (χ3n) is 4.02. The number of ether oxygens (including phenoxy) is 1. The van der Waals surface area contributed by atoms with Crippen LogP contribution in [0.25, 0.3) is 0 Å². The van der Waals surface area contributed by atoms with Gasteiger partial charge in [-0.3, -0.25) is 0 Å². The number of guanidine groups is 1. The van der Waals surface area contributed by atoms with Crippen LogP contribution in [-0.4, -0.2) is 54.4 Å². The Morgan fingerprint density at radius 3 is 2.74 bits per heavy atom. The van der Waals surface area contributed by atoms with Crippen molar-refractivity contribution in [3.8, 4) is 5.75 Å². The molecule has 1 aromatic carbocycles. The fraction of sp³-hybridized carbons (Fsp3) is 0.611. The average molecular weight is 319 g/mol. The van der Waals surface area contributed by atoms with Crippen LogP contribution in [0.1, 0.15) is 32.3 Å². The van der Waals surface area contributed by atoms with Crippen molar-refractivity contribution in [3.05, 3.63) is 29.8 Å². The first-order valence-electron chi connectivity index (χ1n) is 8.53. The van der Waals surface area contributed by atoms with E-state index >= 15 is 0 Å². The van der Waals surface area contributed by atoms with Crippen LogP contribution >= 0.6 is 0 Å². The Kier molecular flexibility index (Phi) is 6.71. The molecule has 0 bridgehead atoms. The molecular formula is C18H29N3O2. The van der Waals surface area contributed by atoms with Gasteiger partial charge in [-0.1, -0.05) is 18.2 Å². The predicted molar refractivity (Wildman–Crippen MR) is 94.1 cm³/mol. The molecule has 1 saturated heterocycles. The highest BCUT2D eigenvalue weighted by Gasteiger charge is 2.19. The molecule has 0 spiro atoms. The van der Waals surface area contributed by atoms with Crippen LogP contribution in [0.15, 0.2) is 29.3 Å². The lowest BCUT2D eigenvalue weighted by Crippen LogP contribution is -2.47. The van der Waals surface area contributed by atoms with Crippen LogP contribution < -0.4 is 10.1 Å². The highest BCUT2D eigenvalue weighted by Crippen LogP contribution is 2.18. The zero-order valence-electron chi connectivity index (χ0n) is 14.5. The number of likely N-dealkylation sites (tertiary alicyclic amines) is 1. The van der Waals surface area contributed by atoms with E-state index in [2.05, 4.69) is 30.1 Å². The summed E-state index contributed by atoms with van der Waals surface area (Å²) in [6.07, 6.45) is 1.46. The second kappa shape index (κ2) is 8.77. The Balaban J connectivity index is 1.93. The van der Waals surface area contributed by atoms with E-state index in [0.717, 1.165) is 49.7 Å². The molecule has 0 aromatic heterocycles. The summed E-state index contributed by atoms with van der Waals surface area (Å²) in [6, 6.07) is 8.04. The van der Waals surface area contributed by atoms with Gasteiger partial charge < -0.3 is 20.1 Å². The average Bonchev–Trinajstić information content (AvgIpc) is 2.54. The monoisotopic (exact) mass is 319 g/mol. The van der Waals surface area contributed by atoms with Crippen molar-refractivity contribution < 1.29 is 9.84 Å². The Morgan fingerprint density at radius 1 is 1.39 bits per heavy atom. The van der Waals surface area contributed by atoms with E-state index in [-0.39, 0.29) is 12.2 Å². The molecular weight excluding hydrogens is 290 g/mol. The van der Waals surface area contributed by atoms with Crippen molar-refractivity contribution in [2.24, 2.45) is 4.99 Å². The van der Waals surface area contributed by atoms with E-state index in [1.54, 1.807) is 0 Å². The van der Waals surface area contributed by atoms with Gasteiger partial charge in [0.25, 0.3) is 0 Å². The van der Waals surface area contributed by atoms with E-state index in [0.29, 0.717) is 6.54 Å². The highest BCUT2D eigenvalue weighted by atomic mass is 16.5. The van der Waals surface area contributed by atoms with Crippen LogP contribution in [-0.2, 0) is 0 Å². The molecule has 1 aromatic rings. The zero-order chi connectivity index (χ0) is 16.7. The molecule has 1 atom stereocenters. The Bertz CT molecular complexity index is 511. The standard InChI is InChI=1S/C18H29N3O2/c1-4-19-18(21-11-9-16(22)10-12-21)20-13-15(3)23-17-8-6-5-7-14(17)2/h5-8,15-16,22H,4,9-13H2,1-3H3,(H,19,20). The number of hydrogen-bond acceptors (Lipinski definition) is 3. The van der Waals surface area contributed by atoms with Gasteiger partial charge in [0.2, 0.25) is 0 Å². The molecule has 1 aliphatic rings. The summed E-state index contributed by atoms with van der Waals surface area (Å²) in [5.74, 6) is 1.83. The first kappa shape index (κ1) is 17.6. The summed E-state index contributed by atoms with van der Waals surface area (Å²) in [6.45, 7) is 9.30. The Morgan fingerprint density at radius 2 is 2.09 bits per heavy atom. The smallest absolute Gasteiger partial charge is 0.194 e. The SMILES string of the molecule is CCNC(=NCC(C)Oc1ccccc1C)N1CCC(O)CC1. The van der Waals surface area contributed by atoms with Crippen molar-refractivity contribution in [3.63, 3.8) is 0 Å². The molecule has 1 heterocycles. The van der Waals surface area contributed by atoms with Crippen LogP contribution in [0, 0.1) is 6.92 Å². The minimum atomic E-state index is -0.169. The van der Waals surface area contributed by atoms with E-state index in [1.807, 2.05) is 25.1 Å². The summed E-state index contributed by atoms with van der Waals surface area (Å²) >= 11 is 0. The van der Waals surface area contributed by atoms with Gasteiger partial charge >= 0.3 is 0 Å². The number of piperidine rings is 1. The molecule has 23 heavy (non-hydrogen) atoms. The molecule has 5 heteroatoms. The molecule has 2 N–H and O–H groups in total. The van der Waals surface area contributed by atoms with Gasteiger partial charge in [0.05, 0.1) is 12.6 Å². The van der Waals surface area contributed by atoms with Gasteiger partial charge in [0, 0.05) is 19.6 Å². The molecule has 0 radical (unpaired) electrons. The van der Waals surface area contributed by atoms with Gasteiger partial charge in [-0.25, -0.2) is 4.99 Å². The molecule has 0 aliphatic carbocycles. The summed E-state index contributed by atoms with van der Waals surface area (Å²) < 4.78 is 5.98. The third-order valence-corrected chi connectivity index (χ3v) is 4.02. The molecule has 0 amide bonds. The van der Waals surface area contributed by atoms with Gasteiger partial charge in [-0.05, 0) is 45.2 Å². The van der Waals surface area contributed by atoms with Crippen molar-refractivity contribution in [2.75, 3.05) is 26.2 Å². The number of nitrogens with one attached hydrogen (secondary N) is 1. The first-order valence-corrected chi connectivity index (χ1v) is 8.53. The molecule has 5 nitrogen and oxygen atoms in total. The van der Waals surface area contributed by atoms with Crippen LogP contribution in [0.5, 0.6) is 5.75 Å². The van der Waals surface area contributed by atoms with Gasteiger partial charge in [0.15, 0.2) is 5.96 Å². The second-order valence-electron chi connectivity index (χ2n) is 6.11. The topological polar surface area (TPSA) is 57.1 Å². The van der Waals surface area contributed by atoms with E-state index < -0.39 is 0 Å². The number of aryl methyl sites for hydroxylation is 1. The quantitative estimate of drug-likeness (QED) is 0.645. The number of benzene rings is 1. The Hall–Kier alpha value is -1.75. The summed E-state index contributed by atoms with van der Waals surface area (Å²) in [4.78, 5) is 6.93. The molecule has 2 rings (SSSR count). The van der Waals surface area contributed by atoms with Crippen molar-refractivity contribution in [2.45, 2.75) is 45.8 Å². The zero-order valence-corrected chi connectivity index (χ0v) is 14.5. The maximum Gasteiger partial charge on any atom is 0.194 e. The summed E-state index contributed by atoms with van der Waals surface area (Å²) in [7, 11) is 0. The van der Waals surface area contributed by atoms with E-state index in [9.17, 15) is 5.11 Å². The van der Waals surface area contributed by atoms with Crippen molar-refractivity contribution >= 4 is 5.96 Å². The lowest BCUT2D eigenvalue weighted by molar-refractivity contribution is 0.107. The van der Waals surface area contributed by atoms with Gasteiger partial charge in [-0.2, -0.15) is 0 Å². The minimum absolute atomic E-state index is 0.0140. The largest absolute Gasteiger partial charge is 0.489 e. The second-order valence-corrected chi connectivity index (χ2v) is 6.11. The lowest BCUT2D eigenvalue weighted by atomic mass is 10.1. The molecule has 1 unspecified atom stereocenters. The number of aliphatic hydroxyl groups is 1. The molecule has 0 saturated carbocycles. The molecule has 1 aliphatic heterocycles. The highest BCUT2D eigenvalue weighted by molar-refractivity contribution is 5.80. The van der Waals surface area contributed by atoms with E-state index in [4.69, 9.17) is 9.73 Å². The fourth-order valence-electron chi connectivity index (χ4n) is 2.66. The maximum absolute atomic E-state index is 9.64. The van der Waals surface area contributed by atoms with E-state index in [1.165, 1.54) is 0 Å². The number of aliphatic imine (C=N–C) groups is 1. The minimum Gasteiger partial charge on any atom is -0.489 e. The van der Waals surface area contributed by atoms with Gasteiger partial charge in [0.1, 0.15) is 11.9 Å². The molecule has 128 valence electrons.